The molecule has 0 fully saturated rings. The van der Waals surface area contributed by atoms with Crippen LogP contribution in [0.15, 0.2) is 40.3 Å². The molecule has 0 atom stereocenters. The zero-order valence-electron chi connectivity index (χ0n) is 12.1. The number of thioether (sulfide) groups is 2. The molecular formula is C15H18N2O2S2. The van der Waals surface area contributed by atoms with Crippen molar-refractivity contribution in [3.05, 3.63) is 51.9 Å². The third kappa shape index (κ3) is 5.13. The second-order valence-electron chi connectivity index (χ2n) is 4.32. The van der Waals surface area contributed by atoms with Crippen LogP contribution in [0, 0.1) is 0 Å². The molecule has 2 aromatic rings. The van der Waals surface area contributed by atoms with Crippen molar-refractivity contribution in [2.45, 2.75) is 23.6 Å². The monoisotopic (exact) mass is 322 g/mol. The van der Waals surface area contributed by atoms with Crippen LogP contribution >= 0.6 is 23.5 Å². The topological polar surface area (TPSA) is 55.0 Å². The normalized spacial score (nSPS) is 10.6. The van der Waals surface area contributed by atoms with E-state index in [1.807, 2.05) is 24.3 Å². The van der Waals surface area contributed by atoms with Gasteiger partial charge in [0.1, 0.15) is 5.75 Å². The summed E-state index contributed by atoms with van der Waals surface area (Å²) in [6, 6.07) is 9.46. The minimum atomic E-state index is -0.0890. The van der Waals surface area contributed by atoms with Crippen molar-refractivity contribution < 1.29 is 4.74 Å². The van der Waals surface area contributed by atoms with Crippen LogP contribution in [0.4, 0.5) is 0 Å². The molecule has 1 aromatic carbocycles. The second-order valence-corrected chi connectivity index (χ2v) is 6.55. The van der Waals surface area contributed by atoms with Crippen LogP contribution in [0.3, 0.4) is 0 Å². The molecule has 0 saturated carbocycles. The van der Waals surface area contributed by atoms with Gasteiger partial charge in [-0.05, 0) is 23.4 Å². The Hall–Kier alpha value is -1.40. The lowest BCUT2D eigenvalue weighted by Gasteiger charge is -2.05. The van der Waals surface area contributed by atoms with Gasteiger partial charge >= 0.3 is 0 Å². The highest BCUT2D eigenvalue weighted by atomic mass is 32.2. The first kappa shape index (κ1) is 16.0. The number of nitrogens with zero attached hydrogens (tertiary/aromatic N) is 1. The second kappa shape index (κ2) is 8.14. The van der Waals surface area contributed by atoms with Gasteiger partial charge < -0.3 is 9.72 Å². The van der Waals surface area contributed by atoms with Crippen molar-refractivity contribution in [1.29, 1.82) is 0 Å². The van der Waals surface area contributed by atoms with Crippen LogP contribution in [-0.4, -0.2) is 22.8 Å². The first-order valence-electron chi connectivity index (χ1n) is 6.65. The molecule has 0 aliphatic rings. The minimum absolute atomic E-state index is 0.0890. The average Bonchev–Trinajstić information content (AvgIpc) is 2.51. The molecule has 4 nitrogen and oxygen atoms in total. The molecule has 1 aromatic heterocycles. The van der Waals surface area contributed by atoms with E-state index in [0.717, 1.165) is 34.3 Å². The highest BCUT2D eigenvalue weighted by Gasteiger charge is 2.03. The van der Waals surface area contributed by atoms with E-state index in [1.54, 1.807) is 24.9 Å². The molecule has 1 heterocycles. The molecule has 1 N–H and O–H groups in total. The summed E-state index contributed by atoms with van der Waals surface area (Å²) in [4.78, 5) is 18.9. The van der Waals surface area contributed by atoms with E-state index in [4.69, 9.17) is 4.74 Å². The van der Waals surface area contributed by atoms with Crippen LogP contribution in [0.25, 0.3) is 0 Å². The molecule has 21 heavy (non-hydrogen) atoms. The number of hydrogen-bond acceptors (Lipinski definition) is 5. The van der Waals surface area contributed by atoms with Crippen molar-refractivity contribution in [1.82, 2.24) is 9.97 Å². The van der Waals surface area contributed by atoms with Gasteiger partial charge in [-0.2, -0.15) is 11.8 Å². The molecule has 0 amide bonds. The lowest BCUT2D eigenvalue weighted by molar-refractivity contribution is 0.414. The van der Waals surface area contributed by atoms with Gasteiger partial charge in [0.25, 0.3) is 5.56 Å². The van der Waals surface area contributed by atoms with Crippen LogP contribution in [0.2, 0.25) is 0 Å². The van der Waals surface area contributed by atoms with E-state index in [-0.39, 0.29) is 5.56 Å². The summed E-state index contributed by atoms with van der Waals surface area (Å²) in [6.45, 7) is 2.09. The lowest BCUT2D eigenvalue weighted by Crippen LogP contribution is -2.09. The first-order valence-corrected chi connectivity index (χ1v) is 8.79. The fraction of sp³-hybridized carbons (Fsp3) is 0.333. The van der Waals surface area contributed by atoms with Crippen molar-refractivity contribution in [3.63, 3.8) is 0 Å². The Balaban J connectivity index is 2.01. The Bertz CT molecular complexity index is 626. The molecule has 0 bridgehead atoms. The number of nitrogens with one attached hydrogen (secondary N) is 1. The SMILES string of the molecule is CCSCc1cc(=O)[nH]c(SCc2ccc(OC)cc2)n1. The number of ether oxygens (including phenoxy) is 1. The average molecular weight is 322 g/mol. The molecule has 6 heteroatoms. The number of aromatic amines is 1. The molecule has 0 aliphatic heterocycles. The molecular weight excluding hydrogens is 304 g/mol. The maximum Gasteiger partial charge on any atom is 0.251 e. The van der Waals surface area contributed by atoms with Crippen molar-refractivity contribution in [3.8, 4) is 5.75 Å². The van der Waals surface area contributed by atoms with Crippen molar-refractivity contribution in [2.24, 2.45) is 0 Å². The number of H-pyrrole nitrogens is 1. The lowest BCUT2D eigenvalue weighted by atomic mass is 10.2. The summed E-state index contributed by atoms with van der Waals surface area (Å²) in [7, 11) is 1.65. The number of benzene rings is 1. The molecule has 112 valence electrons. The summed E-state index contributed by atoms with van der Waals surface area (Å²) in [5.41, 5.74) is 1.91. The van der Waals surface area contributed by atoms with E-state index in [9.17, 15) is 4.79 Å². The van der Waals surface area contributed by atoms with Crippen LogP contribution in [0.1, 0.15) is 18.2 Å². The molecule has 2 rings (SSSR count). The highest BCUT2D eigenvalue weighted by molar-refractivity contribution is 7.98. The first-order chi connectivity index (χ1) is 10.2. The zero-order chi connectivity index (χ0) is 15.1. The summed E-state index contributed by atoms with van der Waals surface area (Å²) in [5.74, 6) is 3.39. The van der Waals surface area contributed by atoms with Crippen molar-refractivity contribution in [2.75, 3.05) is 12.9 Å². The number of hydrogen-bond donors (Lipinski definition) is 1. The predicted molar refractivity (Wildman–Crippen MR) is 89.2 cm³/mol. The predicted octanol–water partition coefficient (Wildman–Crippen LogP) is 3.32. The largest absolute Gasteiger partial charge is 0.497 e. The fourth-order valence-electron chi connectivity index (χ4n) is 1.71. The number of rotatable bonds is 7. The van der Waals surface area contributed by atoms with E-state index in [2.05, 4.69) is 16.9 Å². The summed E-state index contributed by atoms with van der Waals surface area (Å²) >= 11 is 3.29. The number of methoxy groups -OCH3 is 1. The van der Waals surface area contributed by atoms with Crippen LogP contribution in [0.5, 0.6) is 5.75 Å². The maximum atomic E-state index is 11.6. The van der Waals surface area contributed by atoms with Gasteiger partial charge in [-0.1, -0.05) is 30.8 Å². The van der Waals surface area contributed by atoms with E-state index in [0.29, 0.717) is 5.16 Å². The van der Waals surface area contributed by atoms with Gasteiger partial charge in [-0.25, -0.2) is 4.98 Å². The molecule has 0 radical (unpaired) electrons. The van der Waals surface area contributed by atoms with E-state index in [1.165, 1.54) is 11.8 Å². The highest BCUT2D eigenvalue weighted by Crippen LogP contribution is 2.21. The van der Waals surface area contributed by atoms with Crippen molar-refractivity contribution >= 4 is 23.5 Å². The quantitative estimate of drug-likeness (QED) is 0.626. The number of aromatic nitrogens is 2. The van der Waals surface area contributed by atoms with E-state index >= 15 is 0 Å². The van der Waals surface area contributed by atoms with Gasteiger partial charge in [-0.15, -0.1) is 0 Å². The molecule has 0 aliphatic carbocycles. The third-order valence-electron chi connectivity index (χ3n) is 2.76. The summed E-state index contributed by atoms with van der Waals surface area (Å²) < 4.78 is 5.13. The molecule has 0 saturated heterocycles. The van der Waals surface area contributed by atoms with E-state index < -0.39 is 0 Å². The Morgan fingerprint density at radius 1 is 1.24 bits per heavy atom. The molecule has 0 spiro atoms. The maximum absolute atomic E-state index is 11.6. The van der Waals surface area contributed by atoms with Gasteiger partial charge in [0.05, 0.1) is 12.8 Å². The van der Waals surface area contributed by atoms with Crippen LogP contribution in [-0.2, 0) is 11.5 Å². The standard InChI is InChI=1S/C15H18N2O2S2/c1-3-20-10-12-8-14(18)17-15(16-12)21-9-11-4-6-13(19-2)7-5-11/h4-8H,3,9-10H2,1-2H3,(H,16,17,18). The Morgan fingerprint density at radius 2 is 2.00 bits per heavy atom. The zero-order valence-corrected chi connectivity index (χ0v) is 13.7. The van der Waals surface area contributed by atoms with Gasteiger partial charge in [0.2, 0.25) is 0 Å². The summed E-state index contributed by atoms with van der Waals surface area (Å²) in [5, 5.41) is 0.671. The minimum Gasteiger partial charge on any atom is -0.497 e. The van der Waals surface area contributed by atoms with Gasteiger partial charge in [0, 0.05) is 17.6 Å². The Kier molecular flexibility index (Phi) is 6.20. The van der Waals surface area contributed by atoms with Crippen LogP contribution < -0.4 is 10.3 Å². The third-order valence-corrected chi connectivity index (χ3v) is 4.61. The molecule has 0 unspecified atom stereocenters. The Labute approximate surface area is 132 Å². The smallest absolute Gasteiger partial charge is 0.251 e. The fourth-order valence-corrected chi connectivity index (χ4v) is 3.12. The van der Waals surface area contributed by atoms with Gasteiger partial charge in [-0.3, -0.25) is 4.79 Å². The Morgan fingerprint density at radius 3 is 2.67 bits per heavy atom. The summed E-state index contributed by atoms with van der Waals surface area (Å²) in [6.07, 6.45) is 0. The van der Waals surface area contributed by atoms with Gasteiger partial charge in [0.15, 0.2) is 5.16 Å².